The van der Waals surface area contributed by atoms with Gasteiger partial charge in [0.2, 0.25) is 0 Å². The van der Waals surface area contributed by atoms with E-state index in [1.54, 1.807) is 36.9 Å². The van der Waals surface area contributed by atoms with Crippen LogP contribution in [0, 0.1) is 0 Å². The molecule has 0 spiro atoms. The highest BCUT2D eigenvalue weighted by atomic mass is 16.3. The quantitative estimate of drug-likeness (QED) is 0.488. The van der Waals surface area contributed by atoms with Crippen LogP contribution in [-0.4, -0.2) is 66.4 Å². The maximum atomic E-state index is 12.9. The number of aromatic nitrogens is 5. The summed E-state index contributed by atoms with van der Waals surface area (Å²) in [7, 11) is 3.14. The van der Waals surface area contributed by atoms with Gasteiger partial charge in [0.1, 0.15) is 5.69 Å². The van der Waals surface area contributed by atoms with Gasteiger partial charge < -0.3 is 15.3 Å². The van der Waals surface area contributed by atoms with E-state index in [-0.39, 0.29) is 24.4 Å². The van der Waals surface area contributed by atoms with Gasteiger partial charge in [-0.25, -0.2) is 9.50 Å². The zero-order chi connectivity index (χ0) is 22.0. The van der Waals surface area contributed by atoms with Gasteiger partial charge in [-0.1, -0.05) is 30.3 Å². The highest BCUT2D eigenvalue weighted by Crippen LogP contribution is 2.19. The van der Waals surface area contributed by atoms with Crippen LogP contribution in [0.1, 0.15) is 20.8 Å². The topological polar surface area (TPSA) is 118 Å². The van der Waals surface area contributed by atoms with Crippen LogP contribution in [0.5, 0.6) is 0 Å². The predicted octanol–water partition coefficient (Wildman–Crippen LogP) is 1.45. The lowest BCUT2D eigenvalue weighted by Gasteiger charge is -2.15. The van der Waals surface area contributed by atoms with Crippen molar-refractivity contribution < 1.29 is 14.7 Å². The first-order chi connectivity index (χ1) is 15.0. The SMILES string of the molecule is CN(CCO)C(=O)c1cnn(C)c1C(=O)Nc1ccn2nc(-c3ccccc3)nc2c1. The summed E-state index contributed by atoms with van der Waals surface area (Å²) in [4.78, 5) is 31.4. The lowest BCUT2D eigenvalue weighted by atomic mass is 10.2. The number of nitrogens with one attached hydrogen (secondary N) is 1. The number of anilines is 1. The van der Waals surface area contributed by atoms with E-state index >= 15 is 0 Å². The highest BCUT2D eigenvalue weighted by molar-refractivity contribution is 6.11. The first-order valence-corrected chi connectivity index (χ1v) is 9.59. The number of rotatable bonds is 6. The largest absolute Gasteiger partial charge is 0.395 e. The summed E-state index contributed by atoms with van der Waals surface area (Å²) in [5, 5.41) is 20.4. The lowest BCUT2D eigenvalue weighted by Crippen LogP contribution is -2.31. The first kappa shape index (κ1) is 20.2. The molecule has 0 atom stereocenters. The predicted molar refractivity (Wildman–Crippen MR) is 114 cm³/mol. The van der Waals surface area contributed by atoms with Crippen molar-refractivity contribution in [2.75, 3.05) is 25.5 Å². The second-order valence-corrected chi connectivity index (χ2v) is 6.95. The molecule has 0 saturated heterocycles. The fraction of sp³-hybridized carbons (Fsp3) is 0.190. The Kier molecular flexibility index (Phi) is 5.46. The minimum atomic E-state index is -0.479. The smallest absolute Gasteiger partial charge is 0.274 e. The van der Waals surface area contributed by atoms with E-state index in [0.717, 1.165) is 5.56 Å². The zero-order valence-electron chi connectivity index (χ0n) is 17.1. The molecule has 0 aliphatic carbocycles. The molecule has 1 aromatic carbocycles. The first-order valence-electron chi connectivity index (χ1n) is 9.59. The second kappa shape index (κ2) is 8.36. The number of aliphatic hydroxyl groups excluding tert-OH is 1. The van der Waals surface area contributed by atoms with Crippen LogP contribution in [0.3, 0.4) is 0 Å². The monoisotopic (exact) mass is 419 g/mol. The molecule has 3 heterocycles. The number of hydrogen-bond acceptors (Lipinski definition) is 6. The Hall–Kier alpha value is -4.05. The third-order valence-electron chi connectivity index (χ3n) is 4.79. The van der Waals surface area contributed by atoms with Gasteiger partial charge in [-0.05, 0) is 6.07 Å². The van der Waals surface area contributed by atoms with E-state index in [1.807, 2.05) is 30.3 Å². The number of pyridine rings is 1. The Morgan fingerprint density at radius 1 is 1.19 bits per heavy atom. The van der Waals surface area contributed by atoms with Crippen LogP contribution in [-0.2, 0) is 7.05 Å². The average Bonchev–Trinajstić information content (AvgIpc) is 3.37. The van der Waals surface area contributed by atoms with E-state index in [2.05, 4.69) is 20.5 Å². The summed E-state index contributed by atoms with van der Waals surface area (Å²) >= 11 is 0. The molecule has 0 radical (unpaired) electrons. The van der Waals surface area contributed by atoms with Gasteiger partial charge in [0.25, 0.3) is 11.8 Å². The van der Waals surface area contributed by atoms with Crippen LogP contribution in [0.15, 0.2) is 54.9 Å². The number of amides is 2. The molecule has 31 heavy (non-hydrogen) atoms. The minimum Gasteiger partial charge on any atom is -0.395 e. The van der Waals surface area contributed by atoms with Gasteiger partial charge in [0.15, 0.2) is 11.5 Å². The van der Waals surface area contributed by atoms with Crippen molar-refractivity contribution in [1.29, 1.82) is 0 Å². The third-order valence-corrected chi connectivity index (χ3v) is 4.79. The van der Waals surface area contributed by atoms with Crippen LogP contribution < -0.4 is 5.32 Å². The number of nitrogens with zero attached hydrogens (tertiary/aromatic N) is 6. The molecule has 3 aromatic heterocycles. The number of hydrogen-bond donors (Lipinski definition) is 2. The molecule has 0 aliphatic rings. The molecular formula is C21H21N7O3. The molecule has 0 saturated carbocycles. The number of likely N-dealkylation sites (N-methyl/N-ethyl adjacent to an activating group) is 1. The molecule has 0 unspecified atom stereocenters. The number of aliphatic hydroxyl groups is 1. The van der Waals surface area contributed by atoms with Crippen molar-refractivity contribution in [3.63, 3.8) is 0 Å². The summed E-state index contributed by atoms with van der Waals surface area (Å²) in [5.74, 6) is -0.295. The van der Waals surface area contributed by atoms with Gasteiger partial charge in [-0.3, -0.25) is 14.3 Å². The van der Waals surface area contributed by atoms with Crippen LogP contribution >= 0.6 is 0 Å². The van der Waals surface area contributed by atoms with E-state index in [0.29, 0.717) is 17.2 Å². The van der Waals surface area contributed by atoms with E-state index in [1.165, 1.54) is 15.8 Å². The molecule has 0 bridgehead atoms. The van der Waals surface area contributed by atoms with Crippen molar-refractivity contribution in [1.82, 2.24) is 29.3 Å². The molecule has 2 N–H and O–H groups in total. The van der Waals surface area contributed by atoms with Gasteiger partial charge in [0.05, 0.1) is 18.4 Å². The molecule has 10 nitrogen and oxygen atoms in total. The minimum absolute atomic E-state index is 0.126. The maximum absolute atomic E-state index is 12.9. The van der Waals surface area contributed by atoms with Crippen molar-refractivity contribution in [2.45, 2.75) is 0 Å². The summed E-state index contributed by atoms with van der Waals surface area (Å²) in [6.07, 6.45) is 3.05. The molecule has 158 valence electrons. The standard InChI is InChI=1S/C21H21N7O3/c1-26(10-11-29)21(31)16-13-22-27(2)18(16)20(30)23-15-8-9-28-17(12-15)24-19(25-28)14-6-4-3-5-7-14/h3-9,12-13,29H,10-11H2,1-2H3,(H,23,30). The number of benzene rings is 1. The highest BCUT2D eigenvalue weighted by Gasteiger charge is 2.24. The Morgan fingerprint density at radius 2 is 1.97 bits per heavy atom. The molecule has 0 aliphatic heterocycles. The molecule has 10 heteroatoms. The second-order valence-electron chi connectivity index (χ2n) is 6.95. The fourth-order valence-corrected chi connectivity index (χ4v) is 3.18. The maximum Gasteiger partial charge on any atom is 0.274 e. The Bertz CT molecular complexity index is 1250. The van der Waals surface area contributed by atoms with E-state index < -0.39 is 11.8 Å². The Balaban J connectivity index is 1.59. The van der Waals surface area contributed by atoms with Crippen LogP contribution in [0.25, 0.3) is 17.0 Å². The van der Waals surface area contributed by atoms with Crippen LogP contribution in [0.2, 0.25) is 0 Å². The summed E-state index contributed by atoms with van der Waals surface area (Å²) in [6, 6.07) is 13.0. The number of aryl methyl sites for hydroxylation is 1. The van der Waals surface area contributed by atoms with Gasteiger partial charge >= 0.3 is 0 Å². The third kappa shape index (κ3) is 4.01. The fourth-order valence-electron chi connectivity index (χ4n) is 3.18. The van der Waals surface area contributed by atoms with Crippen molar-refractivity contribution in [3.8, 4) is 11.4 Å². The normalized spacial score (nSPS) is 10.9. The van der Waals surface area contributed by atoms with E-state index in [4.69, 9.17) is 5.11 Å². The Labute approximate surface area is 177 Å². The number of fused-ring (bicyclic) bond motifs is 1. The van der Waals surface area contributed by atoms with Crippen molar-refractivity contribution in [2.24, 2.45) is 7.05 Å². The van der Waals surface area contributed by atoms with Gasteiger partial charge in [-0.15, -0.1) is 5.10 Å². The Morgan fingerprint density at radius 3 is 2.71 bits per heavy atom. The summed E-state index contributed by atoms with van der Waals surface area (Å²) in [5.41, 5.74) is 2.25. The molecule has 2 amide bonds. The summed E-state index contributed by atoms with van der Waals surface area (Å²) < 4.78 is 2.97. The lowest BCUT2D eigenvalue weighted by molar-refractivity contribution is 0.0762. The molecule has 4 rings (SSSR count). The molecular weight excluding hydrogens is 398 g/mol. The van der Waals surface area contributed by atoms with Crippen LogP contribution in [0.4, 0.5) is 5.69 Å². The number of carbonyl (C=O) groups is 2. The number of carbonyl (C=O) groups excluding carboxylic acids is 2. The van der Waals surface area contributed by atoms with Gasteiger partial charge in [-0.2, -0.15) is 5.10 Å². The zero-order valence-corrected chi connectivity index (χ0v) is 17.1. The molecule has 4 aromatic rings. The molecule has 0 fully saturated rings. The average molecular weight is 419 g/mol. The van der Waals surface area contributed by atoms with Gasteiger partial charge in [0, 0.05) is 44.2 Å². The van der Waals surface area contributed by atoms with Crippen molar-refractivity contribution in [3.05, 3.63) is 66.1 Å². The summed E-state index contributed by atoms with van der Waals surface area (Å²) in [6.45, 7) is -0.0184. The van der Waals surface area contributed by atoms with E-state index in [9.17, 15) is 9.59 Å². The van der Waals surface area contributed by atoms with Crippen molar-refractivity contribution >= 4 is 23.1 Å².